The van der Waals surface area contributed by atoms with E-state index in [1.54, 1.807) is 7.11 Å². The topological polar surface area (TPSA) is 45.6 Å². The SMILES string of the molecule is COc1nc2ccc(Br)cc2cc1C(c1ccccc1)C(O)(CCN(C)C)c1cccc2ccccc12.S. The Kier molecular flexibility index (Phi) is 8.78. The van der Waals surface area contributed by atoms with Crippen LogP contribution in [0.1, 0.15) is 29.0 Å². The standard InChI is InChI=1S/C32H31BrN2O2.H2S/c1-35(2)19-18-32(36,28-15-9-13-22-10-7-8-14-26(22)28)30(23-11-5-4-6-12-23)27-21-24-20-25(33)16-17-29(24)34-31(27)37-3;/h4-17,20-21,30,36H,18-19H2,1-3H3;1H2. The van der Waals surface area contributed by atoms with Crippen LogP contribution in [-0.2, 0) is 5.60 Å². The van der Waals surface area contributed by atoms with E-state index in [4.69, 9.17) is 9.72 Å². The van der Waals surface area contributed by atoms with E-state index in [-0.39, 0.29) is 13.5 Å². The Morgan fingerprint density at radius 3 is 2.34 bits per heavy atom. The van der Waals surface area contributed by atoms with Crippen LogP contribution in [0.4, 0.5) is 0 Å². The van der Waals surface area contributed by atoms with Crippen LogP contribution in [-0.4, -0.2) is 42.7 Å². The number of halogens is 1. The molecule has 5 rings (SSSR count). The highest BCUT2D eigenvalue weighted by Gasteiger charge is 2.43. The average molecular weight is 590 g/mol. The molecule has 196 valence electrons. The molecule has 1 aromatic heterocycles. The van der Waals surface area contributed by atoms with Gasteiger partial charge in [0.15, 0.2) is 0 Å². The Bertz CT molecular complexity index is 1540. The van der Waals surface area contributed by atoms with E-state index in [2.05, 4.69) is 69.4 Å². The van der Waals surface area contributed by atoms with Crippen molar-refractivity contribution in [2.45, 2.75) is 17.9 Å². The van der Waals surface area contributed by atoms with Crippen molar-refractivity contribution in [3.63, 3.8) is 0 Å². The molecule has 6 heteroatoms. The van der Waals surface area contributed by atoms with Crippen LogP contribution in [0.25, 0.3) is 21.7 Å². The molecule has 0 aliphatic rings. The van der Waals surface area contributed by atoms with Gasteiger partial charge in [-0.2, -0.15) is 13.5 Å². The van der Waals surface area contributed by atoms with Crippen molar-refractivity contribution < 1.29 is 9.84 Å². The van der Waals surface area contributed by atoms with E-state index in [1.165, 1.54) is 0 Å². The van der Waals surface area contributed by atoms with Gasteiger partial charge in [0.2, 0.25) is 5.88 Å². The summed E-state index contributed by atoms with van der Waals surface area (Å²) in [7, 11) is 5.73. The minimum absolute atomic E-state index is 0. The van der Waals surface area contributed by atoms with E-state index >= 15 is 0 Å². The fourth-order valence-corrected chi connectivity index (χ4v) is 5.68. The zero-order valence-corrected chi connectivity index (χ0v) is 24.4. The second-order valence-electron chi connectivity index (χ2n) is 9.77. The third-order valence-corrected chi connectivity index (χ3v) is 7.57. The maximum Gasteiger partial charge on any atom is 0.217 e. The van der Waals surface area contributed by atoms with Gasteiger partial charge in [-0.25, -0.2) is 4.98 Å². The maximum absolute atomic E-state index is 13.0. The van der Waals surface area contributed by atoms with Gasteiger partial charge < -0.3 is 14.7 Å². The second kappa shape index (κ2) is 11.9. The van der Waals surface area contributed by atoms with Crippen molar-refractivity contribution in [3.05, 3.63) is 118 Å². The lowest BCUT2D eigenvalue weighted by Gasteiger charge is -2.39. The number of fused-ring (bicyclic) bond motifs is 2. The first-order valence-electron chi connectivity index (χ1n) is 12.4. The largest absolute Gasteiger partial charge is 0.481 e. The van der Waals surface area contributed by atoms with Crippen molar-refractivity contribution in [2.24, 2.45) is 0 Å². The van der Waals surface area contributed by atoms with Gasteiger partial charge in [0.25, 0.3) is 0 Å². The van der Waals surface area contributed by atoms with E-state index in [1.807, 2.05) is 62.6 Å². The van der Waals surface area contributed by atoms with Crippen LogP contribution in [0.5, 0.6) is 5.88 Å². The van der Waals surface area contributed by atoms with Crippen LogP contribution < -0.4 is 4.74 Å². The van der Waals surface area contributed by atoms with Gasteiger partial charge in [-0.15, -0.1) is 0 Å². The fraction of sp³-hybridized carbons (Fsp3) is 0.219. The van der Waals surface area contributed by atoms with E-state index < -0.39 is 11.5 Å². The van der Waals surface area contributed by atoms with Gasteiger partial charge in [-0.1, -0.05) is 88.7 Å². The number of aliphatic hydroxyl groups is 1. The number of hydrogen-bond acceptors (Lipinski definition) is 4. The molecule has 0 saturated carbocycles. The van der Waals surface area contributed by atoms with Crippen molar-refractivity contribution in [1.82, 2.24) is 9.88 Å². The molecular formula is C32H33BrN2O2S. The quantitative estimate of drug-likeness (QED) is 0.207. The van der Waals surface area contributed by atoms with E-state index in [9.17, 15) is 5.11 Å². The minimum Gasteiger partial charge on any atom is -0.481 e. The van der Waals surface area contributed by atoms with Gasteiger partial charge >= 0.3 is 0 Å². The lowest BCUT2D eigenvalue weighted by Crippen LogP contribution is -2.38. The highest BCUT2D eigenvalue weighted by Crippen LogP contribution is 2.49. The summed E-state index contributed by atoms with van der Waals surface area (Å²) in [5.74, 6) is 0.0949. The molecule has 0 saturated heterocycles. The molecular weight excluding hydrogens is 556 g/mol. The number of ether oxygens (including phenoxy) is 1. The summed E-state index contributed by atoms with van der Waals surface area (Å²) in [6.07, 6.45) is 0.521. The summed E-state index contributed by atoms with van der Waals surface area (Å²) < 4.78 is 6.86. The van der Waals surface area contributed by atoms with E-state index in [0.29, 0.717) is 18.8 Å². The molecule has 0 amide bonds. The summed E-state index contributed by atoms with van der Waals surface area (Å²) in [6, 6.07) is 32.8. The smallest absolute Gasteiger partial charge is 0.217 e. The molecule has 0 spiro atoms. The highest BCUT2D eigenvalue weighted by atomic mass is 79.9. The third kappa shape index (κ3) is 5.45. The monoisotopic (exact) mass is 588 g/mol. The molecule has 0 radical (unpaired) electrons. The zero-order chi connectivity index (χ0) is 26.0. The van der Waals surface area contributed by atoms with Gasteiger partial charge in [-0.05, 0) is 66.7 Å². The number of nitrogens with zero attached hydrogens (tertiary/aromatic N) is 2. The second-order valence-corrected chi connectivity index (χ2v) is 10.7. The van der Waals surface area contributed by atoms with Gasteiger partial charge in [-0.3, -0.25) is 0 Å². The first-order chi connectivity index (χ1) is 17.9. The first-order valence-corrected chi connectivity index (χ1v) is 13.2. The van der Waals surface area contributed by atoms with Crippen LogP contribution in [0.15, 0.2) is 102 Å². The van der Waals surface area contributed by atoms with Crippen LogP contribution in [0.3, 0.4) is 0 Å². The molecule has 2 unspecified atom stereocenters. The Morgan fingerprint density at radius 2 is 1.61 bits per heavy atom. The third-order valence-electron chi connectivity index (χ3n) is 7.08. The Labute approximate surface area is 239 Å². The first kappa shape index (κ1) is 28.1. The van der Waals surface area contributed by atoms with Crippen molar-refractivity contribution in [2.75, 3.05) is 27.7 Å². The lowest BCUT2D eigenvalue weighted by atomic mass is 9.70. The Morgan fingerprint density at radius 1 is 0.895 bits per heavy atom. The summed E-state index contributed by atoms with van der Waals surface area (Å²) in [6.45, 7) is 0.706. The molecule has 1 N–H and O–H groups in total. The summed E-state index contributed by atoms with van der Waals surface area (Å²) >= 11 is 3.60. The van der Waals surface area contributed by atoms with E-state index in [0.717, 1.165) is 42.8 Å². The molecule has 0 fully saturated rings. The van der Waals surface area contributed by atoms with Crippen molar-refractivity contribution in [1.29, 1.82) is 0 Å². The molecule has 5 aromatic rings. The van der Waals surface area contributed by atoms with Crippen molar-refractivity contribution >= 4 is 51.1 Å². The van der Waals surface area contributed by atoms with Gasteiger partial charge in [0.1, 0.15) is 5.60 Å². The van der Waals surface area contributed by atoms with Crippen LogP contribution >= 0.6 is 29.4 Å². The normalized spacial score (nSPS) is 13.7. The Balaban J connectivity index is 0.00000336. The molecule has 0 bridgehead atoms. The summed E-state index contributed by atoms with van der Waals surface area (Å²) in [5, 5.41) is 16.2. The number of aromatic nitrogens is 1. The van der Waals surface area contributed by atoms with Crippen LogP contribution in [0.2, 0.25) is 0 Å². The van der Waals surface area contributed by atoms with Crippen LogP contribution in [0, 0.1) is 0 Å². The molecule has 0 aliphatic carbocycles. The molecule has 0 aliphatic heterocycles. The van der Waals surface area contributed by atoms with Gasteiger partial charge in [0, 0.05) is 27.9 Å². The number of rotatable bonds is 8. The zero-order valence-electron chi connectivity index (χ0n) is 21.9. The van der Waals surface area contributed by atoms with Crippen molar-refractivity contribution in [3.8, 4) is 5.88 Å². The predicted octanol–water partition coefficient (Wildman–Crippen LogP) is 7.24. The molecule has 2 atom stereocenters. The molecule has 4 aromatic carbocycles. The number of methoxy groups -OCH3 is 1. The average Bonchev–Trinajstić information content (AvgIpc) is 2.92. The maximum atomic E-state index is 13.0. The van der Waals surface area contributed by atoms with Gasteiger partial charge in [0.05, 0.1) is 12.6 Å². The minimum atomic E-state index is -1.25. The summed E-state index contributed by atoms with van der Waals surface area (Å²) in [5.41, 5.74) is 2.36. The highest BCUT2D eigenvalue weighted by molar-refractivity contribution is 9.10. The molecule has 38 heavy (non-hydrogen) atoms. The fourth-order valence-electron chi connectivity index (χ4n) is 5.31. The molecule has 4 nitrogen and oxygen atoms in total. The summed E-state index contributed by atoms with van der Waals surface area (Å²) in [4.78, 5) is 7.00. The lowest BCUT2D eigenvalue weighted by molar-refractivity contribution is 0.00520. The number of benzene rings is 4. The Hall–Kier alpha value is -2.90. The number of pyridine rings is 1. The predicted molar refractivity (Wildman–Crippen MR) is 166 cm³/mol. The molecule has 1 heterocycles. The number of hydrogen-bond donors (Lipinski definition) is 1.